The molecule has 0 atom stereocenters. The minimum absolute atomic E-state index is 0. The molecule has 1 aromatic rings. The van der Waals surface area contributed by atoms with Crippen molar-refractivity contribution in [3.63, 3.8) is 0 Å². The smallest absolute Gasteiger partial charge is 0.263 e. The third kappa shape index (κ3) is 3.15. The molecular weight excluding hydrogens is 348 g/mol. The van der Waals surface area contributed by atoms with Crippen LogP contribution in [0, 0.1) is 5.41 Å². The summed E-state index contributed by atoms with van der Waals surface area (Å²) in [5, 5.41) is 5.43. The molecule has 1 N–H and O–H groups in total. The number of carbonyl (C=O) groups excluding carboxylic acids is 1. The van der Waals surface area contributed by atoms with Crippen LogP contribution in [0.2, 0.25) is 0 Å². The molecule has 3 nitrogen and oxygen atoms in total. The molecule has 2 aliphatic heterocycles. The van der Waals surface area contributed by atoms with Gasteiger partial charge in [-0.1, -0.05) is 0 Å². The van der Waals surface area contributed by atoms with Crippen molar-refractivity contribution in [1.82, 2.24) is 10.2 Å². The molecule has 0 bridgehead atoms. The second-order valence-corrected chi connectivity index (χ2v) is 7.18. The molecule has 3 rings (SSSR count). The number of nitrogens with one attached hydrogen (secondary N) is 1. The number of halogens is 2. The van der Waals surface area contributed by atoms with Crippen LogP contribution in [0.4, 0.5) is 0 Å². The van der Waals surface area contributed by atoms with Gasteiger partial charge in [-0.3, -0.25) is 4.79 Å². The molecule has 2 fully saturated rings. The van der Waals surface area contributed by atoms with E-state index in [0.717, 1.165) is 48.4 Å². The highest BCUT2D eigenvalue weighted by molar-refractivity contribution is 9.10. The predicted molar refractivity (Wildman–Crippen MR) is 84.3 cm³/mol. The van der Waals surface area contributed by atoms with E-state index in [0.29, 0.717) is 5.41 Å². The Morgan fingerprint density at radius 1 is 1.37 bits per heavy atom. The van der Waals surface area contributed by atoms with E-state index < -0.39 is 0 Å². The van der Waals surface area contributed by atoms with E-state index in [-0.39, 0.29) is 18.3 Å². The lowest BCUT2D eigenvalue weighted by Gasteiger charge is -2.38. The normalized spacial score (nSPS) is 21.4. The van der Waals surface area contributed by atoms with Gasteiger partial charge in [-0.2, -0.15) is 0 Å². The molecule has 6 heteroatoms. The molecule has 0 aromatic carbocycles. The van der Waals surface area contributed by atoms with E-state index in [1.165, 1.54) is 17.8 Å². The van der Waals surface area contributed by atoms with Gasteiger partial charge in [-0.15, -0.1) is 23.7 Å². The molecule has 0 radical (unpaired) electrons. The van der Waals surface area contributed by atoms with Gasteiger partial charge in [-0.05, 0) is 53.2 Å². The van der Waals surface area contributed by atoms with Crippen molar-refractivity contribution < 1.29 is 4.79 Å². The summed E-state index contributed by atoms with van der Waals surface area (Å²) in [5.41, 5.74) is 0.479. The minimum atomic E-state index is 0. The third-order valence-electron chi connectivity index (χ3n) is 4.22. The predicted octanol–water partition coefficient (Wildman–Crippen LogP) is 3.15. The largest absolute Gasteiger partial charge is 0.338 e. The van der Waals surface area contributed by atoms with Crippen LogP contribution in [-0.2, 0) is 0 Å². The van der Waals surface area contributed by atoms with Crippen molar-refractivity contribution in [3.8, 4) is 0 Å². The molecule has 3 heterocycles. The number of rotatable bonds is 1. The average molecular weight is 366 g/mol. The molecule has 0 unspecified atom stereocenters. The maximum Gasteiger partial charge on any atom is 0.263 e. The van der Waals surface area contributed by atoms with Gasteiger partial charge in [0.2, 0.25) is 0 Å². The van der Waals surface area contributed by atoms with Crippen LogP contribution >= 0.6 is 39.7 Å². The Morgan fingerprint density at radius 3 is 2.63 bits per heavy atom. The first kappa shape index (κ1) is 15.3. The molecular formula is C13H18BrClN2OS. The van der Waals surface area contributed by atoms with Gasteiger partial charge >= 0.3 is 0 Å². The Morgan fingerprint density at radius 2 is 2.11 bits per heavy atom. The van der Waals surface area contributed by atoms with Gasteiger partial charge < -0.3 is 10.2 Å². The van der Waals surface area contributed by atoms with Gasteiger partial charge in [0, 0.05) is 29.5 Å². The van der Waals surface area contributed by atoms with Crippen LogP contribution in [0.1, 0.15) is 28.9 Å². The standard InChI is InChI=1S/C13H17BrN2OS.ClH/c14-10-7-11(18-8-10)12(17)16-5-2-13(3-6-16)1-4-15-9-13;/h7-8,15H,1-6,9H2;1H. The third-order valence-corrected chi connectivity index (χ3v) is 5.90. The Labute approximate surface area is 132 Å². The number of likely N-dealkylation sites (tertiary alicyclic amines) is 1. The Kier molecular flexibility index (Phi) is 4.93. The molecule has 2 aliphatic rings. The quantitative estimate of drug-likeness (QED) is 0.829. The molecule has 1 spiro atoms. The fourth-order valence-corrected chi connectivity index (χ4v) is 4.38. The second-order valence-electron chi connectivity index (χ2n) is 5.35. The summed E-state index contributed by atoms with van der Waals surface area (Å²) in [6, 6.07) is 1.93. The van der Waals surface area contributed by atoms with Crippen LogP contribution in [0.3, 0.4) is 0 Å². The number of thiophene rings is 1. The molecule has 0 aliphatic carbocycles. The SMILES string of the molecule is Cl.O=C(c1cc(Br)cs1)N1CCC2(CCNC2)CC1. The number of hydrogen-bond acceptors (Lipinski definition) is 3. The maximum absolute atomic E-state index is 12.3. The summed E-state index contributed by atoms with van der Waals surface area (Å²) < 4.78 is 1.00. The number of amides is 1. The van der Waals surface area contributed by atoms with Crippen LogP contribution in [0.25, 0.3) is 0 Å². The summed E-state index contributed by atoms with van der Waals surface area (Å²) >= 11 is 4.93. The summed E-state index contributed by atoms with van der Waals surface area (Å²) in [4.78, 5) is 15.2. The second kappa shape index (κ2) is 6.12. The van der Waals surface area contributed by atoms with Gasteiger partial charge in [0.15, 0.2) is 0 Å². The monoisotopic (exact) mass is 364 g/mol. The molecule has 1 amide bonds. The first-order valence-electron chi connectivity index (χ1n) is 6.43. The van der Waals surface area contributed by atoms with Crippen LogP contribution < -0.4 is 5.32 Å². The lowest BCUT2D eigenvalue weighted by atomic mass is 9.78. The van der Waals surface area contributed by atoms with Crippen molar-refractivity contribution in [2.75, 3.05) is 26.2 Å². The number of hydrogen-bond donors (Lipinski definition) is 1. The van der Waals surface area contributed by atoms with E-state index in [4.69, 9.17) is 0 Å². The van der Waals surface area contributed by atoms with Crippen molar-refractivity contribution in [1.29, 1.82) is 0 Å². The highest BCUT2D eigenvalue weighted by Gasteiger charge is 2.38. The van der Waals surface area contributed by atoms with Crippen molar-refractivity contribution in [2.45, 2.75) is 19.3 Å². The van der Waals surface area contributed by atoms with E-state index in [1.54, 1.807) is 0 Å². The lowest BCUT2D eigenvalue weighted by Crippen LogP contribution is -2.43. The summed E-state index contributed by atoms with van der Waals surface area (Å²) in [6.07, 6.45) is 3.58. The fourth-order valence-electron chi connectivity index (χ4n) is 2.99. The minimum Gasteiger partial charge on any atom is -0.338 e. The lowest BCUT2D eigenvalue weighted by molar-refractivity contribution is 0.0612. The number of piperidine rings is 1. The molecule has 1 aromatic heterocycles. The van der Waals surface area contributed by atoms with Gasteiger partial charge in [0.1, 0.15) is 0 Å². The highest BCUT2D eigenvalue weighted by atomic mass is 79.9. The first-order valence-corrected chi connectivity index (χ1v) is 8.10. The summed E-state index contributed by atoms with van der Waals surface area (Å²) in [6.45, 7) is 4.11. The first-order chi connectivity index (χ1) is 8.69. The number of nitrogens with zero attached hydrogens (tertiary/aromatic N) is 1. The number of carbonyl (C=O) groups is 1. The van der Waals surface area contributed by atoms with E-state index in [9.17, 15) is 4.79 Å². The Bertz CT molecular complexity index is 449. The zero-order valence-corrected chi connectivity index (χ0v) is 13.9. The molecule has 0 saturated carbocycles. The summed E-state index contributed by atoms with van der Waals surface area (Å²) in [7, 11) is 0. The average Bonchev–Trinajstić information content (AvgIpc) is 3.00. The zero-order chi connectivity index (χ0) is 12.6. The Hall–Kier alpha value is -0.100. The van der Waals surface area contributed by atoms with Crippen LogP contribution in [0.15, 0.2) is 15.9 Å². The van der Waals surface area contributed by atoms with Gasteiger partial charge in [0.05, 0.1) is 4.88 Å². The van der Waals surface area contributed by atoms with E-state index in [2.05, 4.69) is 21.2 Å². The van der Waals surface area contributed by atoms with Crippen LogP contribution in [0.5, 0.6) is 0 Å². The van der Waals surface area contributed by atoms with Gasteiger partial charge in [-0.25, -0.2) is 0 Å². The van der Waals surface area contributed by atoms with Crippen molar-refractivity contribution in [3.05, 3.63) is 20.8 Å². The van der Waals surface area contributed by atoms with Crippen molar-refractivity contribution in [2.24, 2.45) is 5.41 Å². The Balaban J connectivity index is 0.00000133. The highest BCUT2D eigenvalue weighted by Crippen LogP contribution is 2.37. The molecule has 2 saturated heterocycles. The van der Waals surface area contributed by atoms with E-state index >= 15 is 0 Å². The molecule has 19 heavy (non-hydrogen) atoms. The topological polar surface area (TPSA) is 32.3 Å². The maximum atomic E-state index is 12.3. The van der Waals surface area contributed by atoms with Gasteiger partial charge in [0.25, 0.3) is 5.91 Å². The fraction of sp³-hybridized carbons (Fsp3) is 0.615. The van der Waals surface area contributed by atoms with Crippen LogP contribution in [-0.4, -0.2) is 37.0 Å². The van der Waals surface area contributed by atoms with Crippen molar-refractivity contribution >= 4 is 45.6 Å². The summed E-state index contributed by atoms with van der Waals surface area (Å²) in [5.74, 6) is 0.200. The molecule has 106 valence electrons. The zero-order valence-electron chi connectivity index (χ0n) is 10.7. The van der Waals surface area contributed by atoms with E-state index in [1.807, 2.05) is 16.3 Å².